The highest BCUT2D eigenvalue weighted by atomic mass is 16.2. The van der Waals surface area contributed by atoms with Crippen LogP contribution in [0.3, 0.4) is 0 Å². The minimum atomic E-state index is 0.0647. The molecule has 0 rings (SSSR count). The summed E-state index contributed by atoms with van der Waals surface area (Å²) < 4.78 is 0. The molecular weight excluding hydrogens is 234 g/mol. The van der Waals surface area contributed by atoms with Crippen LogP contribution in [0.4, 0.5) is 0 Å². The molecule has 2 nitrogen and oxygen atoms in total. The molecule has 0 heterocycles. The van der Waals surface area contributed by atoms with Gasteiger partial charge < -0.3 is 4.90 Å². The average molecular weight is 267 g/mol. The molecule has 0 saturated carbocycles. The number of carbonyl (C=O) groups excluding carboxylic acids is 1. The Morgan fingerprint density at radius 3 is 2.26 bits per heavy atom. The zero-order chi connectivity index (χ0) is 14.7. The maximum Gasteiger partial charge on any atom is 0.245 e. The van der Waals surface area contributed by atoms with Gasteiger partial charge >= 0.3 is 0 Å². The van der Waals surface area contributed by atoms with Crippen LogP contribution in [-0.4, -0.2) is 23.9 Å². The predicted octanol–water partition coefficient (Wildman–Crippen LogP) is 4.80. The molecule has 0 aromatic rings. The van der Waals surface area contributed by atoms with Gasteiger partial charge in [0.05, 0.1) is 0 Å². The van der Waals surface area contributed by atoms with Gasteiger partial charge in [0.2, 0.25) is 5.91 Å². The van der Waals surface area contributed by atoms with Crippen LogP contribution in [0.1, 0.15) is 72.6 Å². The van der Waals surface area contributed by atoms with Crippen LogP contribution < -0.4 is 0 Å². The van der Waals surface area contributed by atoms with E-state index in [4.69, 9.17) is 0 Å². The van der Waals surface area contributed by atoms with Gasteiger partial charge in [0.15, 0.2) is 0 Å². The zero-order valence-corrected chi connectivity index (χ0v) is 13.5. The summed E-state index contributed by atoms with van der Waals surface area (Å²) in [4.78, 5) is 13.6. The summed E-state index contributed by atoms with van der Waals surface area (Å²) in [7, 11) is 0. The fraction of sp³-hybridized carbons (Fsp3) is 0.824. The van der Waals surface area contributed by atoms with Crippen molar-refractivity contribution in [1.29, 1.82) is 0 Å². The Morgan fingerprint density at radius 2 is 1.79 bits per heavy atom. The molecule has 0 aliphatic heterocycles. The monoisotopic (exact) mass is 267 g/mol. The van der Waals surface area contributed by atoms with Crippen molar-refractivity contribution in [3.05, 3.63) is 12.7 Å². The van der Waals surface area contributed by atoms with Crippen molar-refractivity contribution in [1.82, 2.24) is 4.90 Å². The molecule has 0 aliphatic rings. The van der Waals surface area contributed by atoms with Gasteiger partial charge in [0.1, 0.15) is 0 Å². The van der Waals surface area contributed by atoms with E-state index in [1.807, 2.05) is 11.8 Å². The topological polar surface area (TPSA) is 20.3 Å². The second-order valence-corrected chi connectivity index (χ2v) is 5.89. The van der Waals surface area contributed by atoms with Gasteiger partial charge in [-0.1, -0.05) is 53.0 Å². The second-order valence-electron chi connectivity index (χ2n) is 5.89. The highest BCUT2D eigenvalue weighted by Crippen LogP contribution is 2.34. The molecule has 0 saturated heterocycles. The number of carbonyl (C=O) groups is 1. The number of nitrogens with zero attached hydrogens (tertiary/aromatic N) is 1. The Balaban J connectivity index is 4.38. The number of hydrogen-bond acceptors (Lipinski definition) is 1. The summed E-state index contributed by atoms with van der Waals surface area (Å²) >= 11 is 0. The predicted molar refractivity (Wildman–Crippen MR) is 84.2 cm³/mol. The lowest BCUT2D eigenvalue weighted by molar-refractivity contribution is -0.126. The van der Waals surface area contributed by atoms with E-state index in [0.29, 0.717) is 5.41 Å². The normalized spacial score (nSPS) is 13.9. The Morgan fingerprint density at radius 1 is 1.11 bits per heavy atom. The third-order valence-electron chi connectivity index (χ3n) is 4.09. The van der Waals surface area contributed by atoms with Gasteiger partial charge in [0, 0.05) is 13.1 Å². The Hall–Kier alpha value is -0.790. The standard InChI is InChI=1S/C17H33NO/c1-6-10-11-13-17(5,12-7-2)14-15-18(9-4)16(19)8-3/h8H,3,6-7,9-15H2,1-2,4-5H3. The van der Waals surface area contributed by atoms with Gasteiger partial charge in [-0.15, -0.1) is 0 Å². The minimum Gasteiger partial charge on any atom is -0.339 e. The van der Waals surface area contributed by atoms with E-state index in [0.717, 1.165) is 19.5 Å². The fourth-order valence-electron chi connectivity index (χ4n) is 2.74. The number of likely N-dealkylation sites (N-methyl/N-ethyl adjacent to an activating group) is 1. The molecule has 0 spiro atoms. The summed E-state index contributed by atoms with van der Waals surface area (Å²) in [5.41, 5.74) is 0.388. The molecule has 0 N–H and O–H groups in total. The molecule has 2 heteroatoms. The summed E-state index contributed by atoms with van der Waals surface area (Å²) in [5, 5.41) is 0. The van der Waals surface area contributed by atoms with E-state index in [-0.39, 0.29) is 5.91 Å². The Bertz CT molecular complexity index is 262. The summed E-state index contributed by atoms with van der Waals surface area (Å²) in [6.07, 6.45) is 10.2. The van der Waals surface area contributed by atoms with Crippen LogP contribution in [0.2, 0.25) is 0 Å². The average Bonchev–Trinajstić information content (AvgIpc) is 2.39. The summed E-state index contributed by atoms with van der Waals surface area (Å²) in [6, 6.07) is 0. The van der Waals surface area contributed by atoms with E-state index in [9.17, 15) is 4.79 Å². The van der Waals surface area contributed by atoms with Gasteiger partial charge in [0.25, 0.3) is 0 Å². The number of amides is 1. The molecule has 0 radical (unpaired) electrons. The van der Waals surface area contributed by atoms with Crippen LogP contribution >= 0.6 is 0 Å². The van der Waals surface area contributed by atoms with Gasteiger partial charge in [-0.3, -0.25) is 4.79 Å². The molecule has 0 aliphatic carbocycles. The van der Waals surface area contributed by atoms with Crippen LogP contribution in [-0.2, 0) is 4.79 Å². The molecule has 0 fully saturated rings. The molecule has 1 atom stereocenters. The second kappa shape index (κ2) is 10.1. The van der Waals surface area contributed by atoms with Crippen LogP contribution in [0.25, 0.3) is 0 Å². The first-order valence-electron chi connectivity index (χ1n) is 7.94. The van der Waals surface area contributed by atoms with E-state index >= 15 is 0 Å². The van der Waals surface area contributed by atoms with Crippen molar-refractivity contribution in [3.8, 4) is 0 Å². The lowest BCUT2D eigenvalue weighted by Gasteiger charge is -2.32. The molecule has 112 valence electrons. The molecule has 19 heavy (non-hydrogen) atoms. The first-order valence-corrected chi connectivity index (χ1v) is 7.94. The van der Waals surface area contributed by atoms with Gasteiger partial charge in [-0.25, -0.2) is 0 Å². The molecular formula is C17H33NO. The first kappa shape index (κ1) is 18.2. The zero-order valence-electron chi connectivity index (χ0n) is 13.5. The minimum absolute atomic E-state index is 0.0647. The lowest BCUT2D eigenvalue weighted by atomic mass is 9.77. The number of hydrogen-bond donors (Lipinski definition) is 0. The lowest BCUT2D eigenvalue weighted by Crippen LogP contribution is -2.33. The molecule has 0 aromatic heterocycles. The van der Waals surface area contributed by atoms with E-state index < -0.39 is 0 Å². The van der Waals surface area contributed by atoms with Crippen molar-refractivity contribution in [2.24, 2.45) is 5.41 Å². The van der Waals surface area contributed by atoms with Crippen molar-refractivity contribution in [3.63, 3.8) is 0 Å². The first-order chi connectivity index (χ1) is 9.02. The van der Waals surface area contributed by atoms with Crippen LogP contribution in [0.15, 0.2) is 12.7 Å². The van der Waals surface area contributed by atoms with E-state index in [1.165, 1.54) is 44.6 Å². The SMILES string of the molecule is C=CC(=O)N(CC)CCC(C)(CCC)CCCCC. The largest absolute Gasteiger partial charge is 0.339 e. The summed E-state index contributed by atoms with van der Waals surface area (Å²) in [5.74, 6) is 0.0647. The number of rotatable bonds is 11. The highest BCUT2D eigenvalue weighted by Gasteiger charge is 2.24. The molecule has 0 bridgehead atoms. The maximum atomic E-state index is 11.7. The summed E-state index contributed by atoms with van der Waals surface area (Å²) in [6.45, 7) is 14.2. The van der Waals surface area contributed by atoms with Crippen LogP contribution in [0, 0.1) is 5.41 Å². The van der Waals surface area contributed by atoms with Gasteiger partial charge in [-0.05, 0) is 37.7 Å². The quantitative estimate of drug-likeness (QED) is 0.389. The molecule has 0 aromatic carbocycles. The Labute approximate surface area is 120 Å². The molecule has 1 unspecified atom stereocenters. The fourth-order valence-corrected chi connectivity index (χ4v) is 2.74. The van der Waals surface area contributed by atoms with Crippen molar-refractivity contribution in [2.75, 3.05) is 13.1 Å². The van der Waals surface area contributed by atoms with Crippen molar-refractivity contribution >= 4 is 5.91 Å². The van der Waals surface area contributed by atoms with Crippen molar-refractivity contribution < 1.29 is 4.79 Å². The van der Waals surface area contributed by atoms with E-state index in [2.05, 4.69) is 27.4 Å². The third kappa shape index (κ3) is 7.39. The van der Waals surface area contributed by atoms with Crippen molar-refractivity contribution in [2.45, 2.75) is 72.6 Å². The Kier molecular flexibility index (Phi) is 9.63. The molecule has 1 amide bonds. The van der Waals surface area contributed by atoms with Crippen LogP contribution in [0.5, 0.6) is 0 Å². The smallest absolute Gasteiger partial charge is 0.245 e. The third-order valence-corrected chi connectivity index (χ3v) is 4.09. The van der Waals surface area contributed by atoms with Gasteiger partial charge in [-0.2, -0.15) is 0 Å². The van der Waals surface area contributed by atoms with E-state index in [1.54, 1.807) is 0 Å². The maximum absolute atomic E-state index is 11.7. The number of unbranched alkanes of at least 4 members (excludes halogenated alkanes) is 2. The highest BCUT2D eigenvalue weighted by molar-refractivity contribution is 5.86.